The highest BCUT2D eigenvalue weighted by Crippen LogP contribution is 2.32. The van der Waals surface area contributed by atoms with Gasteiger partial charge in [-0.15, -0.1) is 6.58 Å². The minimum atomic E-state index is -0.0975. The van der Waals surface area contributed by atoms with Crippen LogP contribution in [0.2, 0.25) is 0 Å². The second kappa shape index (κ2) is 9.19. The van der Waals surface area contributed by atoms with Gasteiger partial charge in [-0.3, -0.25) is 14.6 Å². The van der Waals surface area contributed by atoms with Gasteiger partial charge >= 0.3 is 6.03 Å². The van der Waals surface area contributed by atoms with Crippen molar-refractivity contribution in [2.75, 3.05) is 50.7 Å². The zero-order valence-corrected chi connectivity index (χ0v) is 19.3. The lowest BCUT2D eigenvalue weighted by Gasteiger charge is -2.36. The smallest absolute Gasteiger partial charge is 0.326 e. The molecule has 0 radical (unpaired) electrons. The van der Waals surface area contributed by atoms with Gasteiger partial charge in [0.05, 0.1) is 4.70 Å². The monoisotopic (exact) mass is 453 g/mol. The number of piperazine rings is 1. The molecule has 0 saturated carbocycles. The summed E-state index contributed by atoms with van der Waals surface area (Å²) < 4.78 is 5.93. The summed E-state index contributed by atoms with van der Waals surface area (Å²) in [5.74, 6) is 1.42. The van der Waals surface area contributed by atoms with Crippen molar-refractivity contribution in [2.24, 2.45) is 5.92 Å². The number of rotatable bonds is 7. The van der Waals surface area contributed by atoms with Crippen LogP contribution < -0.4 is 4.90 Å². The van der Waals surface area contributed by atoms with E-state index in [1.807, 2.05) is 11.0 Å². The maximum atomic E-state index is 12.8. The second-order valence-electron chi connectivity index (χ2n) is 9.11. The molecule has 3 fully saturated rings. The van der Waals surface area contributed by atoms with Gasteiger partial charge in [0.2, 0.25) is 5.91 Å². The van der Waals surface area contributed by atoms with Crippen molar-refractivity contribution in [3.8, 4) is 0 Å². The van der Waals surface area contributed by atoms with Gasteiger partial charge in [0, 0.05) is 57.1 Å². The van der Waals surface area contributed by atoms with Crippen molar-refractivity contribution < 1.29 is 9.59 Å². The summed E-state index contributed by atoms with van der Waals surface area (Å²) in [5.41, 5.74) is 0. The highest BCUT2D eigenvalue weighted by Gasteiger charge is 2.43. The molecule has 3 aliphatic heterocycles. The average molecular weight is 454 g/mol. The Kier molecular flexibility index (Phi) is 6.15. The van der Waals surface area contributed by atoms with Crippen LogP contribution >= 0.6 is 11.5 Å². The van der Waals surface area contributed by atoms with Crippen LogP contribution in [0.1, 0.15) is 25.7 Å². The number of amides is 3. The van der Waals surface area contributed by atoms with Gasteiger partial charge in [-0.1, -0.05) is 18.2 Å². The molecule has 3 saturated heterocycles. The number of carbonyl (C=O) groups is 2. The van der Waals surface area contributed by atoms with Gasteiger partial charge in [-0.25, -0.2) is 4.79 Å². The molecule has 0 unspecified atom stereocenters. The number of aromatic nitrogens is 1. The zero-order chi connectivity index (χ0) is 22.1. The number of unbranched alkanes of at least 4 members (excludes halogenated alkanes) is 1. The molecular weight excluding hydrogens is 422 g/mol. The Bertz CT molecular complexity index is 999. The molecule has 8 heteroatoms. The van der Waals surface area contributed by atoms with Crippen molar-refractivity contribution in [3.05, 3.63) is 36.9 Å². The van der Waals surface area contributed by atoms with E-state index in [0.29, 0.717) is 25.4 Å². The number of hydrogen-bond donors (Lipinski definition) is 0. The molecule has 1 aromatic carbocycles. The largest absolute Gasteiger partial charge is 0.353 e. The van der Waals surface area contributed by atoms with E-state index < -0.39 is 0 Å². The number of carbonyl (C=O) groups excluding carboxylic acids is 2. The summed E-state index contributed by atoms with van der Waals surface area (Å²) in [4.78, 5) is 33.5. The van der Waals surface area contributed by atoms with Crippen LogP contribution in [0.25, 0.3) is 10.1 Å². The highest BCUT2D eigenvalue weighted by molar-refractivity contribution is 7.13. The van der Waals surface area contributed by atoms with Crippen molar-refractivity contribution >= 4 is 39.4 Å². The molecule has 1 aromatic heterocycles. The van der Waals surface area contributed by atoms with E-state index in [4.69, 9.17) is 0 Å². The molecule has 0 N–H and O–H groups in total. The maximum absolute atomic E-state index is 12.8. The SMILES string of the molecule is C=C[C@@H]1C[C@H]2CC(=O)N(CCCCN3CCN(c4nsc5ccccc45)CC3)C(=O)N2C1. The molecule has 0 spiro atoms. The van der Waals surface area contributed by atoms with E-state index in [0.717, 1.165) is 57.8 Å². The first-order valence-electron chi connectivity index (χ1n) is 11.7. The van der Waals surface area contributed by atoms with Gasteiger partial charge in [0.1, 0.15) is 5.82 Å². The van der Waals surface area contributed by atoms with Crippen LogP contribution in [0, 0.1) is 5.92 Å². The number of imide groups is 1. The fraction of sp³-hybridized carbons (Fsp3) is 0.542. The summed E-state index contributed by atoms with van der Waals surface area (Å²) in [6, 6.07) is 8.41. The fourth-order valence-corrected chi connectivity index (χ4v) is 6.03. The van der Waals surface area contributed by atoms with Crippen LogP contribution in [0.15, 0.2) is 36.9 Å². The molecule has 0 bridgehead atoms. The number of benzene rings is 1. The molecule has 32 heavy (non-hydrogen) atoms. The number of urea groups is 1. The van der Waals surface area contributed by atoms with Crippen LogP contribution in [0.3, 0.4) is 0 Å². The van der Waals surface area contributed by atoms with E-state index in [-0.39, 0.29) is 18.0 Å². The maximum Gasteiger partial charge on any atom is 0.326 e. The van der Waals surface area contributed by atoms with E-state index in [2.05, 4.69) is 45.0 Å². The Morgan fingerprint density at radius 2 is 1.88 bits per heavy atom. The molecule has 2 atom stereocenters. The standard InChI is InChI=1S/C24H31N5O2S/c1-2-18-15-19-16-22(30)28(24(31)29(19)17-18)10-6-5-9-26-11-13-27(14-12-26)23-20-7-3-4-8-21(20)32-25-23/h2-4,7-8,18-19H,1,5-6,9-17H2/t18-,19+/m1/s1. The molecule has 3 aliphatic rings. The molecule has 3 amide bonds. The molecule has 5 rings (SSSR count). The van der Waals surface area contributed by atoms with E-state index in [9.17, 15) is 9.59 Å². The minimum Gasteiger partial charge on any atom is -0.353 e. The Morgan fingerprint density at radius 1 is 1.09 bits per heavy atom. The van der Waals surface area contributed by atoms with Gasteiger partial charge in [-0.2, -0.15) is 4.37 Å². The number of nitrogens with zero attached hydrogens (tertiary/aromatic N) is 5. The molecule has 170 valence electrons. The third-order valence-corrected chi connectivity index (χ3v) is 7.92. The van der Waals surface area contributed by atoms with Gasteiger partial charge in [-0.05, 0) is 55.4 Å². The lowest BCUT2D eigenvalue weighted by atomic mass is 10.0. The van der Waals surface area contributed by atoms with Crippen LogP contribution in [0.5, 0.6) is 0 Å². The van der Waals surface area contributed by atoms with Crippen molar-refractivity contribution in [1.82, 2.24) is 19.1 Å². The second-order valence-corrected chi connectivity index (χ2v) is 9.91. The van der Waals surface area contributed by atoms with Crippen LogP contribution in [-0.4, -0.2) is 82.9 Å². The molecule has 4 heterocycles. The van der Waals surface area contributed by atoms with Gasteiger partial charge in [0.15, 0.2) is 0 Å². The summed E-state index contributed by atoms with van der Waals surface area (Å²) in [5, 5.41) is 1.25. The Morgan fingerprint density at radius 3 is 2.69 bits per heavy atom. The van der Waals surface area contributed by atoms with Crippen LogP contribution in [0.4, 0.5) is 10.6 Å². The van der Waals surface area contributed by atoms with E-state index in [1.165, 1.54) is 15.0 Å². The quantitative estimate of drug-likeness (QED) is 0.475. The summed E-state index contributed by atoms with van der Waals surface area (Å²) in [7, 11) is 0. The molecule has 7 nitrogen and oxygen atoms in total. The summed E-state index contributed by atoms with van der Waals surface area (Å²) >= 11 is 1.57. The zero-order valence-electron chi connectivity index (χ0n) is 18.5. The lowest BCUT2D eigenvalue weighted by Crippen LogP contribution is -2.54. The first kappa shape index (κ1) is 21.4. The Labute approximate surface area is 193 Å². The van der Waals surface area contributed by atoms with Crippen molar-refractivity contribution in [2.45, 2.75) is 31.7 Å². The highest BCUT2D eigenvalue weighted by atomic mass is 32.1. The van der Waals surface area contributed by atoms with Gasteiger partial charge in [0.25, 0.3) is 0 Å². The third kappa shape index (κ3) is 4.13. The lowest BCUT2D eigenvalue weighted by molar-refractivity contribution is -0.132. The Balaban J connectivity index is 1.06. The Hall–Kier alpha value is -2.45. The molecule has 2 aromatic rings. The average Bonchev–Trinajstić information content (AvgIpc) is 3.43. The van der Waals surface area contributed by atoms with Crippen LogP contribution in [-0.2, 0) is 4.79 Å². The molecule has 0 aliphatic carbocycles. The first-order valence-corrected chi connectivity index (χ1v) is 12.5. The summed E-state index contributed by atoms with van der Waals surface area (Å²) in [6.07, 6.45) is 5.10. The van der Waals surface area contributed by atoms with Crippen molar-refractivity contribution in [3.63, 3.8) is 0 Å². The molecular formula is C24H31N5O2S. The normalized spacial score (nSPS) is 24.4. The van der Waals surface area contributed by atoms with E-state index >= 15 is 0 Å². The van der Waals surface area contributed by atoms with Crippen molar-refractivity contribution in [1.29, 1.82) is 0 Å². The topological polar surface area (TPSA) is 60.0 Å². The van der Waals surface area contributed by atoms with Gasteiger partial charge < -0.3 is 9.80 Å². The predicted molar refractivity (Wildman–Crippen MR) is 128 cm³/mol. The predicted octanol–water partition coefficient (Wildman–Crippen LogP) is 3.43. The number of anilines is 1. The number of hydrogen-bond acceptors (Lipinski definition) is 6. The number of fused-ring (bicyclic) bond motifs is 2. The fourth-order valence-electron chi connectivity index (χ4n) is 5.23. The summed E-state index contributed by atoms with van der Waals surface area (Å²) in [6.45, 7) is 10.1. The first-order chi connectivity index (χ1) is 15.6. The minimum absolute atomic E-state index is 0.00920. The van der Waals surface area contributed by atoms with E-state index in [1.54, 1.807) is 11.5 Å². The third-order valence-electron chi connectivity index (χ3n) is 7.10.